The smallest absolute Gasteiger partial charge is 0.226 e. The number of anilines is 2. The fraction of sp³-hybridized carbons (Fsp3) is 0.167. The van der Waals surface area contributed by atoms with Crippen molar-refractivity contribution < 1.29 is 4.79 Å². The van der Waals surface area contributed by atoms with Gasteiger partial charge >= 0.3 is 0 Å². The summed E-state index contributed by atoms with van der Waals surface area (Å²) >= 11 is 2.18. The Morgan fingerprint density at radius 1 is 1.44 bits per heavy atom. The van der Waals surface area contributed by atoms with Crippen molar-refractivity contribution in [3.63, 3.8) is 0 Å². The van der Waals surface area contributed by atoms with Gasteiger partial charge in [-0.05, 0) is 34.7 Å². The normalized spacial score (nSPS) is 10.3. The molecule has 1 amide bonds. The lowest BCUT2D eigenvalue weighted by Crippen LogP contribution is -2.15. The molecule has 3 N–H and O–H groups in total. The van der Waals surface area contributed by atoms with Gasteiger partial charge in [-0.3, -0.25) is 9.48 Å². The van der Waals surface area contributed by atoms with E-state index in [1.807, 2.05) is 18.3 Å². The van der Waals surface area contributed by atoms with Gasteiger partial charge in [0.25, 0.3) is 0 Å². The number of aromatic nitrogens is 2. The summed E-state index contributed by atoms with van der Waals surface area (Å²) in [5, 5.41) is 6.90. The monoisotopic (exact) mass is 356 g/mol. The van der Waals surface area contributed by atoms with Crippen LogP contribution >= 0.6 is 22.6 Å². The number of halogens is 1. The van der Waals surface area contributed by atoms with Gasteiger partial charge in [-0.15, -0.1) is 0 Å². The molecule has 2 rings (SSSR count). The molecule has 0 spiro atoms. The van der Waals surface area contributed by atoms with Gasteiger partial charge in [0.05, 0.1) is 21.1 Å². The highest BCUT2D eigenvalue weighted by Gasteiger charge is 2.05. The molecular weight excluding hydrogens is 343 g/mol. The Bertz CT molecular complexity index is 553. The number of rotatable bonds is 4. The number of benzene rings is 1. The maximum atomic E-state index is 11.7. The number of hydrogen-bond acceptors (Lipinski definition) is 3. The van der Waals surface area contributed by atoms with E-state index >= 15 is 0 Å². The molecule has 0 unspecified atom stereocenters. The third-order valence-corrected chi connectivity index (χ3v) is 2.96. The molecule has 1 heterocycles. The van der Waals surface area contributed by atoms with Crippen LogP contribution in [0.4, 0.5) is 11.4 Å². The minimum absolute atomic E-state index is 0.0709. The van der Waals surface area contributed by atoms with Gasteiger partial charge in [-0.2, -0.15) is 5.10 Å². The zero-order valence-corrected chi connectivity index (χ0v) is 11.8. The molecule has 1 aromatic heterocycles. The first kappa shape index (κ1) is 12.9. The van der Waals surface area contributed by atoms with Crippen LogP contribution in [0, 0.1) is 3.57 Å². The predicted molar refractivity (Wildman–Crippen MR) is 79.0 cm³/mol. The molecule has 0 aliphatic heterocycles. The second-order valence-electron chi connectivity index (χ2n) is 3.81. The van der Waals surface area contributed by atoms with Gasteiger partial charge in [0.15, 0.2) is 0 Å². The van der Waals surface area contributed by atoms with Crippen molar-refractivity contribution in [2.75, 3.05) is 11.1 Å². The minimum Gasteiger partial charge on any atom is -0.397 e. The summed E-state index contributed by atoms with van der Waals surface area (Å²) < 4.78 is 2.80. The first-order valence-electron chi connectivity index (χ1n) is 5.47. The Balaban J connectivity index is 1.88. The Morgan fingerprint density at radius 2 is 2.22 bits per heavy atom. The van der Waals surface area contributed by atoms with E-state index in [2.05, 4.69) is 33.0 Å². The van der Waals surface area contributed by atoms with Gasteiger partial charge in [-0.1, -0.05) is 12.1 Å². The van der Waals surface area contributed by atoms with Gasteiger partial charge in [-0.25, -0.2) is 0 Å². The lowest BCUT2D eigenvalue weighted by atomic mass is 10.2. The average molecular weight is 356 g/mol. The summed E-state index contributed by atoms with van der Waals surface area (Å²) in [5.41, 5.74) is 6.97. The zero-order chi connectivity index (χ0) is 13.0. The van der Waals surface area contributed by atoms with Crippen LogP contribution in [-0.4, -0.2) is 15.7 Å². The number of nitrogen functional groups attached to an aromatic ring is 1. The number of carbonyl (C=O) groups excluding carboxylic acids is 1. The summed E-state index contributed by atoms with van der Waals surface area (Å²) in [6.45, 7) is 0.557. The highest BCUT2D eigenvalue weighted by atomic mass is 127. The van der Waals surface area contributed by atoms with E-state index < -0.39 is 0 Å². The van der Waals surface area contributed by atoms with Crippen LogP contribution in [0.25, 0.3) is 0 Å². The number of amides is 1. The number of aryl methyl sites for hydroxylation is 1. The van der Waals surface area contributed by atoms with Crippen molar-refractivity contribution in [2.45, 2.75) is 13.0 Å². The molecule has 0 radical (unpaired) electrons. The standard InChI is InChI=1S/C12H13IN4O/c13-9-7-15-17(8-9)6-5-12(18)16-11-4-2-1-3-10(11)14/h1-4,7-8H,5-6,14H2,(H,16,18). The lowest BCUT2D eigenvalue weighted by molar-refractivity contribution is -0.116. The first-order valence-corrected chi connectivity index (χ1v) is 6.55. The molecule has 94 valence electrons. The van der Waals surface area contributed by atoms with Crippen LogP contribution in [-0.2, 0) is 11.3 Å². The summed E-state index contributed by atoms with van der Waals surface area (Å²) in [7, 11) is 0. The summed E-state index contributed by atoms with van der Waals surface area (Å²) in [6, 6.07) is 7.20. The number of carbonyl (C=O) groups is 1. The van der Waals surface area contributed by atoms with Crippen molar-refractivity contribution in [1.82, 2.24) is 9.78 Å². The Labute approximate surface area is 119 Å². The highest BCUT2D eigenvalue weighted by Crippen LogP contribution is 2.16. The molecule has 0 bridgehead atoms. The molecule has 0 aliphatic rings. The van der Waals surface area contributed by atoms with Crippen LogP contribution in [0.1, 0.15) is 6.42 Å². The molecule has 0 atom stereocenters. The van der Waals surface area contributed by atoms with E-state index in [0.717, 1.165) is 3.57 Å². The second-order valence-corrected chi connectivity index (χ2v) is 5.05. The molecule has 1 aromatic carbocycles. The summed E-state index contributed by atoms with van der Waals surface area (Å²) in [5.74, 6) is -0.0709. The van der Waals surface area contributed by atoms with Gasteiger partial charge < -0.3 is 11.1 Å². The third kappa shape index (κ3) is 3.46. The van der Waals surface area contributed by atoms with Gasteiger partial charge in [0.2, 0.25) is 5.91 Å². The Kier molecular flexibility index (Phi) is 4.19. The van der Waals surface area contributed by atoms with E-state index in [1.54, 1.807) is 23.0 Å². The third-order valence-electron chi connectivity index (χ3n) is 2.40. The number of nitrogens with one attached hydrogen (secondary N) is 1. The molecule has 18 heavy (non-hydrogen) atoms. The van der Waals surface area contributed by atoms with Crippen LogP contribution in [0.15, 0.2) is 36.7 Å². The van der Waals surface area contributed by atoms with Crippen molar-refractivity contribution in [3.05, 3.63) is 40.2 Å². The summed E-state index contributed by atoms with van der Waals surface area (Å²) in [6.07, 6.45) is 4.02. The topological polar surface area (TPSA) is 72.9 Å². The molecule has 0 fully saturated rings. The predicted octanol–water partition coefficient (Wildman–Crippen LogP) is 2.10. The van der Waals surface area contributed by atoms with Crippen LogP contribution < -0.4 is 11.1 Å². The number of hydrogen-bond donors (Lipinski definition) is 2. The summed E-state index contributed by atoms with van der Waals surface area (Å²) in [4.78, 5) is 11.7. The van der Waals surface area contributed by atoms with E-state index in [1.165, 1.54) is 0 Å². The lowest BCUT2D eigenvalue weighted by Gasteiger charge is -2.07. The number of nitrogens with two attached hydrogens (primary N) is 1. The maximum Gasteiger partial charge on any atom is 0.226 e. The largest absolute Gasteiger partial charge is 0.397 e. The van der Waals surface area contributed by atoms with E-state index in [0.29, 0.717) is 24.3 Å². The SMILES string of the molecule is Nc1ccccc1NC(=O)CCn1cc(I)cn1. The molecule has 5 nitrogen and oxygen atoms in total. The fourth-order valence-corrected chi connectivity index (χ4v) is 1.95. The van der Waals surface area contributed by atoms with Crippen LogP contribution in [0.3, 0.4) is 0 Å². The van der Waals surface area contributed by atoms with Crippen LogP contribution in [0.2, 0.25) is 0 Å². The first-order chi connectivity index (χ1) is 8.65. The fourth-order valence-electron chi connectivity index (χ4n) is 1.50. The maximum absolute atomic E-state index is 11.7. The molecule has 0 saturated heterocycles. The molecular formula is C12H13IN4O. The number of nitrogens with zero attached hydrogens (tertiary/aromatic N) is 2. The van der Waals surface area contributed by atoms with Crippen molar-refractivity contribution in [3.8, 4) is 0 Å². The zero-order valence-electron chi connectivity index (χ0n) is 9.64. The average Bonchev–Trinajstić information content (AvgIpc) is 2.76. The minimum atomic E-state index is -0.0709. The van der Waals surface area contributed by atoms with Gasteiger partial charge in [0, 0.05) is 19.2 Å². The number of para-hydroxylation sites is 2. The Morgan fingerprint density at radius 3 is 2.89 bits per heavy atom. The van der Waals surface area contributed by atoms with E-state index in [4.69, 9.17) is 5.73 Å². The molecule has 0 aliphatic carbocycles. The molecule has 0 saturated carbocycles. The van der Waals surface area contributed by atoms with Gasteiger partial charge in [0.1, 0.15) is 0 Å². The quantitative estimate of drug-likeness (QED) is 0.651. The van der Waals surface area contributed by atoms with E-state index in [-0.39, 0.29) is 5.91 Å². The highest BCUT2D eigenvalue weighted by molar-refractivity contribution is 14.1. The molecule has 2 aromatic rings. The van der Waals surface area contributed by atoms with Crippen molar-refractivity contribution in [2.24, 2.45) is 0 Å². The van der Waals surface area contributed by atoms with Crippen LogP contribution in [0.5, 0.6) is 0 Å². The molecule has 6 heteroatoms. The van der Waals surface area contributed by atoms with E-state index in [9.17, 15) is 4.79 Å². The Hall–Kier alpha value is -1.57. The van der Waals surface area contributed by atoms with Crippen molar-refractivity contribution >= 4 is 39.9 Å². The second kappa shape index (κ2) is 5.85. The van der Waals surface area contributed by atoms with Crippen molar-refractivity contribution in [1.29, 1.82) is 0 Å².